The predicted octanol–water partition coefficient (Wildman–Crippen LogP) is 0.123. The van der Waals surface area contributed by atoms with Gasteiger partial charge < -0.3 is 20.1 Å². The highest BCUT2D eigenvalue weighted by Gasteiger charge is 2.40. The summed E-state index contributed by atoms with van der Waals surface area (Å²) in [6.45, 7) is 4.35. The second-order valence-corrected chi connectivity index (χ2v) is 8.66. The summed E-state index contributed by atoms with van der Waals surface area (Å²) in [5.41, 5.74) is -1.12. The van der Waals surface area contributed by atoms with E-state index >= 15 is 0 Å². The quantitative estimate of drug-likeness (QED) is 0.458. The molecule has 0 aromatic heterocycles. The molecule has 168 valence electrons. The van der Waals surface area contributed by atoms with E-state index in [1.54, 1.807) is 13.8 Å². The van der Waals surface area contributed by atoms with Crippen LogP contribution in [-0.2, 0) is 38.2 Å². The Morgan fingerprint density at radius 2 is 1.80 bits per heavy atom. The number of hydrogen-bond donors (Lipinski definition) is 2. The van der Waals surface area contributed by atoms with Crippen molar-refractivity contribution in [1.82, 2.24) is 10.6 Å². The minimum Gasteiger partial charge on any atom is -0.465 e. The lowest BCUT2D eigenvalue weighted by molar-refractivity contribution is -0.169. The zero-order valence-electron chi connectivity index (χ0n) is 17.4. The van der Waals surface area contributed by atoms with Crippen molar-refractivity contribution < 1.29 is 38.2 Å². The first-order valence-corrected chi connectivity index (χ1v) is 10.5. The minimum absolute atomic E-state index is 0.00607. The van der Waals surface area contributed by atoms with E-state index in [4.69, 9.17) is 9.47 Å². The number of nitrogens with one attached hydrogen (secondary N) is 2. The first-order chi connectivity index (χ1) is 14.0. The maximum atomic E-state index is 12.6. The molecule has 2 amide bonds. The van der Waals surface area contributed by atoms with Gasteiger partial charge in [0.05, 0.1) is 6.42 Å². The second-order valence-electron chi connectivity index (χ2n) is 7.51. The zero-order valence-corrected chi connectivity index (χ0v) is 18.2. The van der Waals surface area contributed by atoms with Gasteiger partial charge in [0.25, 0.3) is 5.91 Å². The number of ether oxygens (including phenoxy) is 2. The fourth-order valence-electron chi connectivity index (χ4n) is 2.47. The van der Waals surface area contributed by atoms with Crippen molar-refractivity contribution in [2.45, 2.75) is 52.6 Å². The number of Topliss-reactive ketones (excluding diaryl/α,β-unsaturated/α-hetero) is 1. The van der Waals surface area contributed by atoms with Gasteiger partial charge in [-0.1, -0.05) is 25.6 Å². The van der Waals surface area contributed by atoms with Crippen LogP contribution in [0, 0.1) is 5.41 Å². The van der Waals surface area contributed by atoms with Crippen molar-refractivity contribution in [3.05, 3.63) is 0 Å². The number of thioether (sulfide) groups is 1. The highest BCUT2D eigenvalue weighted by Crippen LogP contribution is 2.25. The fourth-order valence-corrected chi connectivity index (χ4v) is 3.15. The molecule has 0 aromatic carbocycles. The first kappa shape index (κ1) is 25.6. The number of cyclic esters (lactones) is 1. The number of ketones is 1. The lowest BCUT2D eigenvalue weighted by Gasteiger charge is -2.32. The van der Waals surface area contributed by atoms with Gasteiger partial charge in [-0.15, -0.1) is 0 Å². The lowest BCUT2D eigenvalue weighted by Crippen LogP contribution is -2.49. The zero-order chi connectivity index (χ0) is 22.7. The number of hydrogen-bond acceptors (Lipinski definition) is 9. The molecule has 1 aliphatic rings. The van der Waals surface area contributed by atoms with Crippen molar-refractivity contribution in [3.63, 3.8) is 0 Å². The summed E-state index contributed by atoms with van der Waals surface area (Å²) in [6, 6.07) is 0. The standard InChI is InChI=1S/C19H28N2O8S/c1-12(22)10-15(25)29-17-18(27)21-7-6-13(23)20-8-9-30-16(26)5-4-14(24)28-11-19(17,2)3/h17H,4-11H2,1-3H3,(H,20,23)(H,21,27)/t17-/m0/s1. The van der Waals surface area contributed by atoms with Gasteiger partial charge in [-0.25, -0.2) is 0 Å². The SMILES string of the molecule is CC(=O)CC(=O)O[C@H]1C(=O)NCCC(=O)NCCSC(=O)CCC(=O)OCC1(C)C. The molecule has 1 heterocycles. The maximum Gasteiger partial charge on any atom is 0.314 e. The van der Waals surface area contributed by atoms with E-state index in [9.17, 15) is 28.8 Å². The summed E-state index contributed by atoms with van der Waals surface area (Å²) in [5.74, 6) is -2.54. The van der Waals surface area contributed by atoms with Crippen LogP contribution in [0.1, 0.15) is 46.5 Å². The van der Waals surface area contributed by atoms with Crippen LogP contribution in [0.4, 0.5) is 0 Å². The molecule has 1 atom stereocenters. The monoisotopic (exact) mass is 444 g/mol. The Hall–Kier alpha value is -2.43. The van der Waals surface area contributed by atoms with E-state index < -0.39 is 41.6 Å². The average Bonchev–Trinajstić information content (AvgIpc) is 2.65. The molecule has 0 saturated carbocycles. The molecule has 0 aliphatic carbocycles. The molecule has 0 radical (unpaired) electrons. The molecule has 2 N–H and O–H groups in total. The predicted molar refractivity (Wildman–Crippen MR) is 107 cm³/mol. The Labute approximate surface area is 179 Å². The van der Waals surface area contributed by atoms with E-state index in [-0.39, 0.29) is 50.0 Å². The number of carbonyl (C=O) groups excluding carboxylic acids is 6. The van der Waals surface area contributed by atoms with Crippen molar-refractivity contribution in [3.8, 4) is 0 Å². The largest absolute Gasteiger partial charge is 0.465 e. The number of esters is 2. The maximum absolute atomic E-state index is 12.6. The third kappa shape index (κ3) is 9.86. The van der Waals surface area contributed by atoms with E-state index in [1.807, 2.05) is 0 Å². The van der Waals surface area contributed by atoms with Crippen LogP contribution in [0.25, 0.3) is 0 Å². The van der Waals surface area contributed by atoms with Gasteiger partial charge in [-0.05, 0) is 6.92 Å². The Morgan fingerprint density at radius 3 is 2.47 bits per heavy atom. The van der Waals surface area contributed by atoms with Gasteiger partial charge in [0, 0.05) is 37.1 Å². The molecule has 0 aromatic rings. The smallest absolute Gasteiger partial charge is 0.314 e. The van der Waals surface area contributed by atoms with E-state index in [2.05, 4.69) is 10.6 Å². The van der Waals surface area contributed by atoms with Crippen LogP contribution in [0.5, 0.6) is 0 Å². The summed E-state index contributed by atoms with van der Waals surface area (Å²) in [7, 11) is 0. The third-order valence-corrected chi connectivity index (χ3v) is 5.00. The molecule has 0 bridgehead atoms. The lowest BCUT2D eigenvalue weighted by atomic mass is 9.86. The van der Waals surface area contributed by atoms with Crippen molar-refractivity contribution in [2.24, 2.45) is 5.41 Å². The van der Waals surface area contributed by atoms with Gasteiger partial charge in [0.2, 0.25) is 5.91 Å². The molecule has 1 fully saturated rings. The topological polar surface area (TPSA) is 145 Å². The third-order valence-electron chi connectivity index (χ3n) is 4.07. The number of amides is 2. The van der Waals surface area contributed by atoms with Crippen LogP contribution >= 0.6 is 11.8 Å². The number of rotatable bonds is 3. The van der Waals surface area contributed by atoms with Crippen molar-refractivity contribution in [2.75, 3.05) is 25.4 Å². The van der Waals surface area contributed by atoms with Crippen molar-refractivity contribution in [1.29, 1.82) is 0 Å². The molecule has 0 unspecified atom stereocenters. The molecule has 1 rings (SSSR count). The van der Waals surface area contributed by atoms with Crippen LogP contribution < -0.4 is 10.6 Å². The molecule has 1 saturated heterocycles. The van der Waals surface area contributed by atoms with Gasteiger partial charge >= 0.3 is 11.9 Å². The second kappa shape index (κ2) is 12.3. The summed E-state index contributed by atoms with van der Waals surface area (Å²) < 4.78 is 10.4. The highest BCUT2D eigenvalue weighted by molar-refractivity contribution is 8.13. The fraction of sp³-hybridized carbons (Fsp3) is 0.684. The Kier molecular flexibility index (Phi) is 10.5. The summed E-state index contributed by atoms with van der Waals surface area (Å²) >= 11 is 1.02. The van der Waals surface area contributed by atoms with Crippen LogP contribution in [0.2, 0.25) is 0 Å². The van der Waals surface area contributed by atoms with Gasteiger partial charge in [0.1, 0.15) is 18.8 Å². The molecule has 1 aliphatic heterocycles. The Bertz CT molecular complexity index is 692. The van der Waals surface area contributed by atoms with Gasteiger partial charge in [-0.3, -0.25) is 28.8 Å². The molecule has 30 heavy (non-hydrogen) atoms. The normalized spacial score (nSPS) is 22.2. The number of carbonyl (C=O) groups is 6. The highest BCUT2D eigenvalue weighted by atomic mass is 32.2. The Morgan fingerprint density at radius 1 is 1.10 bits per heavy atom. The van der Waals surface area contributed by atoms with Crippen LogP contribution in [-0.4, -0.2) is 66.2 Å². The summed E-state index contributed by atoms with van der Waals surface area (Å²) in [6.07, 6.45) is -2.01. The van der Waals surface area contributed by atoms with Gasteiger partial charge in [0.15, 0.2) is 11.2 Å². The summed E-state index contributed by atoms with van der Waals surface area (Å²) in [4.78, 5) is 71.4. The average molecular weight is 445 g/mol. The molecular weight excluding hydrogens is 416 g/mol. The van der Waals surface area contributed by atoms with E-state index in [1.165, 1.54) is 6.92 Å². The van der Waals surface area contributed by atoms with Crippen molar-refractivity contribution >= 4 is 46.4 Å². The van der Waals surface area contributed by atoms with E-state index in [0.29, 0.717) is 5.75 Å². The van der Waals surface area contributed by atoms with E-state index in [0.717, 1.165) is 11.8 Å². The first-order valence-electron chi connectivity index (χ1n) is 9.56. The van der Waals surface area contributed by atoms with Crippen LogP contribution in [0.15, 0.2) is 0 Å². The molecule has 0 spiro atoms. The molecule has 10 nitrogen and oxygen atoms in total. The van der Waals surface area contributed by atoms with Crippen LogP contribution in [0.3, 0.4) is 0 Å². The Balaban J connectivity index is 2.94. The van der Waals surface area contributed by atoms with Gasteiger partial charge in [-0.2, -0.15) is 0 Å². The minimum atomic E-state index is -1.35. The molecule has 11 heteroatoms. The summed E-state index contributed by atoms with van der Waals surface area (Å²) in [5, 5.41) is 4.96. The molecular formula is C19H28N2O8S.